The molecule has 1 aliphatic heterocycles. The first-order chi connectivity index (χ1) is 9.17. The third-order valence-electron chi connectivity index (χ3n) is 3.16. The lowest BCUT2D eigenvalue weighted by atomic mass is 10.1. The number of benzene rings is 1. The van der Waals surface area contributed by atoms with Crippen LogP contribution in [-0.2, 0) is 15.0 Å². The van der Waals surface area contributed by atoms with Crippen LogP contribution in [0.3, 0.4) is 0 Å². The molecule has 2 rings (SSSR count). The summed E-state index contributed by atoms with van der Waals surface area (Å²) < 4.78 is 34.7. The van der Waals surface area contributed by atoms with Crippen molar-refractivity contribution >= 4 is 49.3 Å². The van der Waals surface area contributed by atoms with Crippen LogP contribution in [0.1, 0.15) is 12.0 Å². The predicted molar refractivity (Wildman–Crippen MR) is 79.2 cm³/mol. The second kappa shape index (κ2) is 5.61. The van der Waals surface area contributed by atoms with Crippen molar-refractivity contribution in [2.24, 2.45) is 5.92 Å². The summed E-state index contributed by atoms with van der Waals surface area (Å²) >= 11 is 9.40. The lowest BCUT2D eigenvalue weighted by Crippen LogP contribution is -2.25. The van der Waals surface area contributed by atoms with Crippen molar-refractivity contribution in [1.29, 1.82) is 0 Å². The third kappa shape index (κ3) is 3.51. The minimum absolute atomic E-state index is 0.0150. The maximum absolute atomic E-state index is 12.7. The Kier molecular flexibility index (Phi) is 4.41. The topological polar surface area (TPSA) is 54.5 Å². The zero-order valence-electron chi connectivity index (χ0n) is 10.6. The summed E-state index contributed by atoms with van der Waals surface area (Å²) in [6.45, 7) is 2.00. The molecular weight excluding hydrogens is 373 g/mol. The Labute approximate surface area is 130 Å². The fourth-order valence-corrected chi connectivity index (χ4v) is 3.87. The molecule has 1 aliphatic rings. The molecule has 1 amide bonds. The maximum Gasteiger partial charge on any atom is 0.302 e. The minimum atomic E-state index is -4.58. The molecule has 20 heavy (non-hydrogen) atoms. The first kappa shape index (κ1) is 15.7. The van der Waals surface area contributed by atoms with Crippen molar-refractivity contribution in [3.8, 4) is 0 Å². The highest BCUT2D eigenvalue weighted by atomic mass is 79.9. The summed E-state index contributed by atoms with van der Waals surface area (Å²) in [5.41, 5.74) is 1.43. The Hall–Kier alpha value is -0.660. The summed E-state index contributed by atoms with van der Waals surface area (Å²) in [5.74, 6) is -1.41. The normalized spacial score (nSPS) is 19.7. The van der Waals surface area contributed by atoms with Crippen molar-refractivity contribution in [1.82, 2.24) is 0 Å². The fourth-order valence-electron chi connectivity index (χ4n) is 2.25. The molecule has 1 heterocycles. The van der Waals surface area contributed by atoms with Crippen LogP contribution in [0.5, 0.6) is 0 Å². The largest absolute Gasteiger partial charge is 0.311 e. The van der Waals surface area contributed by atoms with Crippen LogP contribution in [0.2, 0.25) is 5.02 Å². The van der Waals surface area contributed by atoms with E-state index >= 15 is 0 Å². The van der Waals surface area contributed by atoms with E-state index in [0.29, 0.717) is 15.2 Å². The molecule has 0 saturated carbocycles. The molecule has 110 valence electrons. The van der Waals surface area contributed by atoms with Gasteiger partial charge < -0.3 is 4.90 Å². The van der Waals surface area contributed by atoms with Crippen LogP contribution in [0.25, 0.3) is 0 Å². The lowest BCUT2D eigenvalue weighted by molar-refractivity contribution is -0.117. The standard InChI is InChI=1S/C12H12BrClFNO3S/c1-7-2-9(13)11(4-10(7)14)16-5-8(3-12(16)17)6-20(15,18)19/h2,4,8H,3,5-6H2,1H3. The van der Waals surface area contributed by atoms with Gasteiger partial charge >= 0.3 is 10.2 Å². The average molecular weight is 385 g/mol. The zero-order chi connectivity index (χ0) is 15.1. The molecule has 8 heteroatoms. The van der Waals surface area contributed by atoms with Crippen LogP contribution in [-0.4, -0.2) is 26.6 Å². The molecule has 0 spiro atoms. The Bertz CT molecular complexity index is 665. The molecule has 4 nitrogen and oxygen atoms in total. The van der Waals surface area contributed by atoms with Gasteiger partial charge in [-0.3, -0.25) is 4.79 Å². The van der Waals surface area contributed by atoms with Gasteiger partial charge in [-0.2, -0.15) is 8.42 Å². The van der Waals surface area contributed by atoms with Crippen LogP contribution in [0.4, 0.5) is 9.57 Å². The first-order valence-corrected chi connectivity index (χ1v) is 8.58. The Morgan fingerprint density at radius 3 is 2.75 bits per heavy atom. The van der Waals surface area contributed by atoms with Crippen molar-refractivity contribution < 1.29 is 17.1 Å². The van der Waals surface area contributed by atoms with Crippen molar-refractivity contribution in [2.75, 3.05) is 17.2 Å². The number of anilines is 1. The molecule has 1 unspecified atom stereocenters. The quantitative estimate of drug-likeness (QED) is 0.753. The second-order valence-electron chi connectivity index (χ2n) is 4.83. The Morgan fingerprint density at radius 1 is 1.50 bits per heavy atom. The van der Waals surface area contributed by atoms with E-state index in [4.69, 9.17) is 11.6 Å². The minimum Gasteiger partial charge on any atom is -0.311 e. The molecular formula is C12H12BrClFNO3S. The SMILES string of the molecule is Cc1cc(Br)c(N2CC(CS(=O)(=O)F)CC2=O)cc1Cl. The molecule has 1 aromatic rings. The number of amides is 1. The van der Waals surface area contributed by atoms with Crippen LogP contribution < -0.4 is 4.90 Å². The number of carbonyl (C=O) groups is 1. The smallest absolute Gasteiger partial charge is 0.302 e. The van der Waals surface area contributed by atoms with E-state index < -0.39 is 21.9 Å². The predicted octanol–water partition coefficient (Wildman–Crippen LogP) is 3.06. The Balaban J connectivity index is 2.26. The van der Waals surface area contributed by atoms with Crippen LogP contribution in [0, 0.1) is 12.8 Å². The van der Waals surface area contributed by atoms with Gasteiger partial charge in [0.1, 0.15) is 0 Å². The van der Waals surface area contributed by atoms with Gasteiger partial charge in [0.2, 0.25) is 5.91 Å². The van der Waals surface area contributed by atoms with Crippen molar-refractivity contribution in [3.05, 3.63) is 27.2 Å². The molecule has 0 aromatic heterocycles. The second-order valence-corrected chi connectivity index (χ2v) is 7.51. The van der Waals surface area contributed by atoms with Crippen molar-refractivity contribution in [2.45, 2.75) is 13.3 Å². The van der Waals surface area contributed by atoms with E-state index in [1.807, 2.05) is 6.92 Å². The summed E-state index contributed by atoms with van der Waals surface area (Å²) in [6, 6.07) is 3.43. The van der Waals surface area contributed by atoms with Crippen LogP contribution >= 0.6 is 27.5 Å². The van der Waals surface area contributed by atoms with Gasteiger partial charge in [0.25, 0.3) is 0 Å². The van der Waals surface area contributed by atoms with Crippen molar-refractivity contribution in [3.63, 3.8) is 0 Å². The molecule has 1 saturated heterocycles. The van der Waals surface area contributed by atoms with Gasteiger partial charge in [-0.15, -0.1) is 3.89 Å². The van der Waals surface area contributed by atoms with E-state index in [9.17, 15) is 17.1 Å². The van der Waals surface area contributed by atoms with Gasteiger partial charge in [0.15, 0.2) is 0 Å². The molecule has 1 fully saturated rings. The van der Waals surface area contributed by atoms with Gasteiger partial charge in [-0.05, 0) is 40.5 Å². The number of hydrogen-bond donors (Lipinski definition) is 0. The summed E-state index contributed by atoms with van der Waals surface area (Å²) in [4.78, 5) is 13.4. The zero-order valence-corrected chi connectivity index (χ0v) is 13.7. The van der Waals surface area contributed by atoms with E-state index in [-0.39, 0.29) is 18.9 Å². The Morgan fingerprint density at radius 2 is 2.15 bits per heavy atom. The van der Waals surface area contributed by atoms with Gasteiger partial charge in [-0.25, -0.2) is 0 Å². The number of aryl methyl sites for hydroxylation is 1. The van der Waals surface area contributed by atoms with Crippen LogP contribution in [0.15, 0.2) is 16.6 Å². The highest BCUT2D eigenvalue weighted by Gasteiger charge is 2.34. The molecule has 0 N–H and O–H groups in total. The monoisotopic (exact) mass is 383 g/mol. The number of halogens is 3. The molecule has 1 aromatic carbocycles. The van der Waals surface area contributed by atoms with E-state index in [1.54, 1.807) is 12.1 Å². The summed E-state index contributed by atoms with van der Waals surface area (Å²) in [7, 11) is -4.58. The number of rotatable bonds is 3. The first-order valence-electron chi connectivity index (χ1n) is 5.85. The van der Waals surface area contributed by atoms with Gasteiger partial charge in [0.05, 0.1) is 11.4 Å². The number of hydrogen-bond acceptors (Lipinski definition) is 3. The summed E-state index contributed by atoms with van der Waals surface area (Å²) in [5, 5.41) is 0.512. The third-order valence-corrected chi connectivity index (χ3v) is 5.07. The summed E-state index contributed by atoms with van der Waals surface area (Å²) in [6.07, 6.45) is 0.0150. The van der Waals surface area contributed by atoms with E-state index in [0.717, 1.165) is 5.56 Å². The fraction of sp³-hybridized carbons (Fsp3) is 0.417. The van der Waals surface area contributed by atoms with Gasteiger partial charge in [-0.1, -0.05) is 11.6 Å². The number of nitrogens with zero attached hydrogens (tertiary/aromatic N) is 1. The average Bonchev–Trinajstić information content (AvgIpc) is 2.62. The molecule has 0 aliphatic carbocycles. The van der Waals surface area contributed by atoms with E-state index in [1.165, 1.54) is 4.90 Å². The molecule has 0 radical (unpaired) electrons. The lowest BCUT2D eigenvalue weighted by Gasteiger charge is -2.19. The molecule has 1 atom stereocenters. The van der Waals surface area contributed by atoms with Gasteiger partial charge in [0, 0.05) is 28.4 Å². The molecule has 0 bridgehead atoms. The highest BCUT2D eigenvalue weighted by Crippen LogP contribution is 2.35. The highest BCUT2D eigenvalue weighted by molar-refractivity contribution is 9.10. The number of carbonyl (C=O) groups excluding carboxylic acids is 1. The van der Waals surface area contributed by atoms with E-state index in [2.05, 4.69) is 15.9 Å². The maximum atomic E-state index is 12.7.